The van der Waals surface area contributed by atoms with E-state index in [1.54, 1.807) is 16.2 Å². The number of thiophene rings is 1. The monoisotopic (exact) mass is 254 g/mol. The van der Waals surface area contributed by atoms with E-state index in [9.17, 15) is 4.79 Å². The fraction of sp³-hybridized carbons (Fsp3) is 0.615. The van der Waals surface area contributed by atoms with Crippen molar-refractivity contribution in [1.82, 2.24) is 10.2 Å². The minimum atomic E-state index is 0.200. The van der Waals surface area contributed by atoms with Crippen LogP contribution < -0.4 is 5.32 Å². The highest BCUT2D eigenvalue weighted by molar-refractivity contribution is 7.10. The second-order valence-electron chi connectivity index (χ2n) is 4.64. The number of hydrogen-bond acceptors (Lipinski definition) is 3. The summed E-state index contributed by atoms with van der Waals surface area (Å²) in [6, 6.07) is 2.53. The molecule has 3 nitrogen and oxygen atoms in total. The Morgan fingerprint density at radius 2 is 2.24 bits per heavy atom. The van der Waals surface area contributed by atoms with Crippen LogP contribution in [0.3, 0.4) is 0 Å². The number of nitrogens with zero attached hydrogens (tertiary/aromatic N) is 1. The van der Waals surface area contributed by atoms with E-state index in [-0.39, 0.29) is 5.91 Å². The van der Waals surface area contributed by atoms with Crippen LogP contribution in [0.4, 0.5) is 0 Å². The van der Waals surface area contributed by atoms with Crippen LogP contribution in [0.1, 0.15) is 30.7 Å². The summed E-state index contributed by atoms with van der Waals surface area (Å²) in [5, 5.41) is 5.33. The molecule has 0 saturated carbocycles. The topological polar surface area (TPSA) is 32.3 Å². The zero-order valence-electron chi connectivity index (χ0n) is 11.1. The molecule has 0 spiro atoms. The lowest BCUT2D eigenvalue weighted by atomic mass is 10.2. The van der Waals surface area contributed by atoms with E-state index in [1.807, 2.05) is 7.05 Å². The number of nitrogens with one attached hydrogen (secondary N) is 1. The van der Waals surface area contributed by atoms with Crippen molar-refractivity contribution >= 4 is 17.2 Å². The summed E-state index contributed by atoms with van der Waals surface area (Å²) in [5.74, 6) is 0.200. The molecule has 4 heteroatoms. The van der Waals surface area contributed by atoms with Gasteiger partial charge < -0.3 is 10.2 Å². The summed E-state index contributed by atoms with van der Waals surface area (Å²) < 4.78 is 0. The molecule has 0 aromatic carbocycles. The maximum atomic E-state index is 11.9. The molecule has 0 saturated heterocycles. The lowest BCUT2D eigenvalue weighted by molar-refractivity contribution is -0.130. The molecular weight excluding hydrogens is 232 g/mol. The average molecular weight is 254 g/mol. The summed E-state index contributed by atoms with van der Waals surface area (Å²) in [4.78, 5) is 14.9. The largest absolute Gasteiger partial charge is 0.341 e. The van der Waals surface area contributed by atoms with Gasteiger partial charge in [0.25, 0.3) is 0 Å². The molecule has 1 aromatic rings. The van der Waals surface area contributed by atoms with Gasteiger partial charge in [0.05, 0.1) is 6.54 Å². The third-order valence-corrected chi connectivity index (χ3v) is 3.67. The number of hydrogen-bond donors (Lipinski definition) is 1. The average Bonchev–Trinajstić information content (AvgIpc) is 2.63. The van der Waals surface area contributed by atoms with Crippen LogP contribution in [-0.4, -0.2) is 30.4 Å². The molecule has 0 aliphatic rings. The third kappa shape index (κ3) is 4.88. The number of aryl methyl sites for hydroxylation is 1. The predicted octanol–water partition coefficient (Wildman–Crippen LogP) is 2.40. The molecule has 0 aliphatic heterocycles. The summed E-state index contributed by atoms with van der Waals surface area (Å²) in [7, 11) is 1.87. The number of carbonyl (C=O) groups is 1. The van der Waals surface area contributed by atoms with Crippen molar-refractivity contribution in [2.45, 2.75) is 39.8 Å². The Labute approximate surface area is 108 Å². The predicted molar refractivity (Wildman–Crippen MR) is 73.3 cm³/mol. The maximum absolute atomic E-state index is 11.9. The van der Waals surface area contributed by atoms with Crippen LogP contribution >= 0.6 is 11.3 Å². The number of rotatable bonds is 6. The molecule has 1 rings (SSSR count). The van der Waals surface area contributed by atoms with Gasteiger partial charge in [-0.1, -0.05) is 13.8 Å². The summed E-state index contributed by atoms with van der Waals surface area (Å²) in [5.41, 5.74) is 1.27. The van der Waals surface area contributed by atoms with E-state index in [1.165, 1.54) is 10.4 Å². The van der Waals surface area contributed by atoms with Gasteiger partial charge in [-0.2, -0.15) is 0 Å². The van der Waals surface area contributed by atoms with Crippen LogP contribution in [-0.2, 0) is 11.3 Å². The Hall–Kier alpha value is -0.870. The van der Waals surface area contributed by atoms with E-state index < -0.39 is 0 Å². The molecule has 96 valence electrons. The molecule has 0 bridgehead atoms. The molecule has 1 N–H and O–H groups in total. The van der Waals surface area contributed by atoms with Crippen LogP contribution in [0, 0.1) is 6.92 Å². The van der Waals surface area contributed by atoms with Gasteiger partial charge in [0.15, 0.2) is 0 Å². The molecule has 0 aliphatic carbocycles. The first kappa shape index (κ1) is 14.2. The van der Waals surface area contributed by atoms with Crippen LogP contribution in [0.2, 0.25) is 0 Å². The highest BCUT2D eigenvalue weighted by Gasteiger charge is 2.10. The number of amides is 1. The Kier molecular flexibility index (Phi) is 5.65. The second kappa shape index (κ2) is 6.77. The molecule has 1 heterocycles. The van der Waals surface area contributed by atoms with Gasteiger partial charge in [0.2, 0.25) is 5.91 Å². The van der Waals surface area contributed by atoms with Gasteiger partial charge in [-0.25, -0.2) is 0 Å². The fourth-order valence-corrected chi connectivity index (χ4v) is 2.49. The Morgan fingerprint density at radius 1 is 1.53 bits per heavy atom. The second-order valence-corrected chi connectivity index (χ2v) is 5.64. The normalized spacial score (nSPS) is 10.9. The molecule has 1 amide bonds. The van der Waals surface area contributed by atoms with E-state index in [4.69, 9.17) is 0 Å². The van der Waals surface area contributed by atoms with Crippen molar-refractivity contribution in [2.75, 3.05) is 13.6 Å². The fourth-order valence-electron chi connectivity index (χ4n) is 1.53. The van der Waals surface area contributed by atoms with Crippen molar-refractivity contribution in [3.63, 3.8) is 0 Å². The van der Waals surface area contributed by atoms with E-state index in [2.05, 4.69) is 37.5 Å². The Balaban J connectivity index is 2.35. The van der Waals surface area contributed by atoms with Crippen molar-refractivity contribution < 1.29 is 4.79 Å². The highest BCUT2D eigenvalue weighted by atomic mass is 32.1. The first-order valence-corrected chi connectivity index (χ1v) is 6.89. The molecular formula is C13H22N2OS. The molecule has 0 atom stereocenters. The zero-order valence-corrected chi connectivity index (χ0v) is 11.9. The van der Waals surface area contributed by atoms with Crippen molar-refractivity contribution in [3.05, 3.63) is 21.9 Å². The third-order valence-electron chi connectivity index (χ3n) is 2.67. The van der Waals surface area contributed by atoms with Gasteiger partial charge in [-0.15, -0.1) is 11.3 Å². The lowest BCUT2D eigenvalue weighted by Crippen LogP contribution is -2.31. The van der Waals surface area contributed by atoms with Crippen molar-refractivity contribution in [1.29, 1.82) is 0 Å². The zero-order chi connectivity index (χ0) is 12.8. The standard InChI is InChI=1S/C13H22N2OS/c1-10(2)14-7-5-13(16)15(4)9-12-11(3)6-8-17-12/h6,8,10,14H,5,7,9H2,1-4H3. The van der Waals surface area contributed by atoms with Crippen LogP contribution in [0.15, 0.2) is 11.4 Å². The minimum absolute atomic E-state index is 0.200. The van der Waals surface area contributed by atoms with Gasteiger partial charge in [-0.3, -0.25) is 4.79 Å². The smallest absolute Gasteiger partial charge is 0.223 e. The van der Waals surface area contributed by atoms with Crippen LogP contribution in [0.25, 0.3) is 0 Å². The Bertz CT molecular complexity index is 360. The van der Waals surface area contributed by atoms with Crippen molar-refractivity contribution in [2.24, 2.45) is 0 Å². The summed E-state index contributed by atoms with van der Waals surface area (Å²) in [6.07, 6.45) is 0.569. The molecule has 0 fully saturated rings. The van der Waals surface area contributed by atoms with Gasteiger partial charge in [0, 0.05) is 30.9 Å². The molecule has 17 heavy (non-hydrogen) atoms. The quantitative estimate of drug-likeness (QED) is 0.845. The van der Waals surface area contributed by atoms with Gasteiger partial charge in [-0.05, 0) is 23.9 Å². The summed E-state index contributed by atoms with van der Waals surface area (Å²) in [6.45, 7) is 7.74. The first-order valence-electron chi connectivity index (χ1n) is 6.01. The summed E-state index contributed by atoms with van der Waals surface area (Å²) >= 11 is 1.71. The van der Waals surface area contributed by atoms with E-state index >= 15 is 0 Å². The maximum Gasteiger partial charge on any atom is 0.223 e. The Morgan fingerprint density at radius 3 is 2.76 bits per heavy atom. The molecule has 0 radical (unpaired) electrons. The highest BCUT2D eigenvalue weighted by Crippen LogP contribution is 2.17. The molecule has 1 aromatic heterocycles. The first-order chi connectivity index (χ1) is 8.00. The molecule has 0 unspecified atom stereocenters. The van der Waals surface area contributed by atoms with Gasteiger partial charge in [0.1, 0.15) is 0 Å². The SMILES string of the molecule is Cc1ccsc1CN(C)C(=O)CCNC(C)C. The van der Waals surface area contributed by atoms with Crippen molar-refractivity contribution in [3.8, 4) is 0 Å². The van der Waals surface area contributed by atoms with Crippen LogP contribution in [0.5, 0.6) is 0 Å². The number of carbonyl (C=O) groups excluding carboxylic acids is 1. The lowest BCUT2D eigenvalue weighted by Gasteiger charge is -2.17. The van der Waals surface area contributed by atoms with E-state index in [0.29, 0.717) is 12.5 Å². The van der Waals surface area contributed by atoms with E-state index in [0.717, 1.165) is 13.1 Å². The minimum Gasteiger partial charge on any atom is -0.341 e. The van der Waals surface area contributed by atoms with Gasteiger partial charge >= 0.3 is 0 Å².